The number of hydrogen-bond donors (Lipinski definition) is 1. The van der Waals surface area contributed by atoms with Crippen molar-refractivity contribution in [3.8, 4) is 0 Å². The van der Waals surface area contributed by atoms with Crippen molar-refractivity contribution in [2.45, 2.75) is 13.3 Å². The number of amides is 4. The van der Waals surface area contributed by atoms with Crippen molar-refractivity contribution in [3.05, 3.63) is 29.8 Å². The molecule has 2 saturated heterocycles. The van der Waals surface area contributed by atoms with E-state index in [0.717, 1.165) is 6.42 Å². The molecule has 1 aliphatic carbocycles. The molecule has 1 aromatic rings. The number of carbonyl (C=O) groups excluding carboxylic acids is 4. The third-order valence-corrected chi connectivity index (χ3v) is 6.18. The second-order valence-electron chi connectivity index (χ2n) is 8.38. The van der Waals surface area contributed by atoms with Crippen LogP contribution in [0.3, 0.4) is 0 Å². The van der Waals surface area contributed by atoms with Crippen LogP contribution in [-0.2, 0) is 19.1 Å². The van der Waals surface area contributed by atoms with Crippen LogP contribution in [0.2, 0.25) is 0 Å². The molecule has 0 bridgehead atoms. The van der Waals surface area contributed by atoms with Crippen molar-refractivity contribution in [2.75, 3.05) is 57.8 Å². The first-order chi connectivity index (χ1) is 14.9. The predicted octanol–water partition coefficient (Wildman–Crippen LogP) is 0.424. The lowest BCUT2D eigenvalue weighted by molar-refractivity contribution is -0.154. The number of anilines is 1. The number of hydrogen-bond acceptors (Lipinski definition) is 5. The summed E-state index contributed by atoms with van der Waals surface area (Å²) in [6, 6.07) is 6.87. The molecule has 3 aliphatic rings. The third-order valence-electron chi connectivity index (χ3n) is 6.18. The van der Waals surface area contributed by atoms with E-state index in [4.69, 9.17) is 4.74 Å². The van der Waals surface area contributed by atoms with E-state index in [9.17, 15) is 19.2 Å². The van der Waals surface area contributed by atoms with E-state index in [1.165, 1.54) is 9.80 Å². The van der Waals surface area contributed by atoms with Crippen LogP contribution < -0.4 is 5.32 Å². The highest BCUT2D eigenvalue weighted by atomic mass is 16.5. The van der Waals surface area contributed by atoms with Gasteiger partial charge in [-0.3, -0.25) is 19.2 Å². The average molecular weight is 428 g/mol. The van der Waals surface area contributed by atoms with Crippen LogP contribution in [0.5, 0.6) is 0 Å². The molecule has 2 atom stereocenters. The van der Waals surface area contributed by atoms with Gasteiger partial charge in [0.05, 0.1) is 13.2 Å². The monoisotopic (exact) mass is 428 g/mol. The lowest BCUT2D eigenvalue weighted by Crippen LogP contribution is -2.55. The molecule has 3 fully saturated rings. The lowest BCUT2D eigenvalue weighted by Gasteiger charge is -2.36. The molecule has 2 aliphatic heterocycles. The number of nitrogens with one attached hydrogen (secondary N) is 1. The average Bonchev–Trinajstić information content (AvgIpc) is 3.55. The summed E-state index contributed by atoms with van der Waals surface area (Å²) in [5, 5.41) is 2.88. The van der Waals surface area contributed by atoms with Gasteiger partial charge in [0, 0.05) is 56.4 Å². The highest BCUT2D eigenvalue weighted by Gasteiger charge is 2.39. The Hall–Kier alpha value is -2.94. The van der Waals surface area contributed by atoms with Crippen molar-refractivity contribution < 1.29 is 23.9 Å². The van der Waals surface area contributed by atoms with Crippen LogP contribution >= 0.6 is 0 Å². The molecule has 0 aromatic heterocycles. The normalized spacial score (nSPS) is 23.3. The Morgan fingerprint density at radius 3 is 1.90 bits per heavy atom. The Balaban J connectivity index is 1.27. The van der Waals surface area contributed by atoms with E-state index < -0.39 is 11.8 Å². The van der Waals surface area contributed by atoms with Gasteiger partial charge in [-0.15, -0.1) is 0 Å². The molecule has 2 heterocycles. The van der Waals surface area contributed by atoms with E-state index in [2.05, 4.69) is 12.2 Å². The molecule has 166 valence electrons. The molecule has 9 nitrogen and oxygen atoms in total. The zero-order chi connectivity index (χ0) is 22.0. The zero-order valence-electron chi connectivity index (χ0n) is 17.7. The van der Waals surface area contributed by atoms with Crippen LogP contribution in [0.25, 0.3) is 0 Å². The van der Waals surface area contributed by atoms with Crippen molar-refractivity contribution in [2.24, 2.45) is 11.8 Å². The Kier molecular flexibility index (Phi) is 6.22. The quantitative estimate of drug-likeness (QED) is 0.704. The van der Waals surface area contributed by atoms with E-state index in [-0.39, 0.29) is 17.7 Å². The summed E-state index contributed by atoms with van der Waals surface area (Å²) in [5.74, 6) is -0.578. The summed E-state index contributed by atoms with van der Waals surface area (Å²) in [6.45, 7) is 5.21. The van der Waals surface area contributed by atoms with Gasteiger partial charge in [0.15, 0.2) is 0 Å². The first-order valence-electron chi connectivity index (χ1n) is 10.8. The Morgan fingerprint density at radius 1 is 0.839 bits per heavy atom. The van der Waals surface area contributed by atoms with Crippen molar-refractivity contribution in [1.29, 1.82) is 0 Å². The first-order valence-corrected chi connectivity index (χ1v) is 10.8. The summed E-state index contributed by atoms with van der Waals surface area (Å²) in [5.41, 5.74) is 1.21. The molecule has 4 amide bonds. The molecule has 0 radical (unpaired) electrons. The molecule has 0 spiro atoms. The van der Waals surface area contributed by atoms with Gasteiger partial charge < -0.3 is 24.8 Å². The maximum Gasteiger partial charge on any atom is 0.312 e. The number of piperazine rings is 1. The van der Waals surface area contributed by atoms with Gasteiger partial charge >= 0.3 is 11.8 Å². The van der Waals surface area contributed by atoms with Gasteiger partial charge in [-0.1, -0.05) is 6.92 Å². The van der Waals surface area contributed by atoms with Crippen LogP contribution in [-0.4, -0.2) is 90.8 Å². The van der Waals surface area contributed by atoms with E-state index in [1.54, 1.807) is 29.2 Å². The second kappa shape index (κ2) is 9.05. The molecule has 9 heteroatoms. The summed E-state index contributed by atoms with van der Waals surface area (Å²) in [6.07, 6.45) is 0.926. The fraction of sp³-hybridized carbons (Fsp3) is 0.545. The van der Waals surface area contributed by atoms with Crippen molar-refractivity contribution in [1.82, 2.24) is 14.7 Å². The number of ether oxygens (including phenoxy) is 1. The third kappa shape index (κ3) is 4.87. The number of carbonyl (C=O) groups is 4. The predicted molar refractivity (Wildman–Crippen MR) is 112 cm³/mol. The number of benzene rings is 1. The van der Waals surface area contributed by atoms with Crippen molar-refractivity contribution >= 4 is 29.3 Å². The van der Waals surface area contributed by atoms with Gasteiger partial charge in [-0.25, -0.2) is 0 Å². The lowest BCUT2D eigenvalue weighted by atomic mass is 10.1. The largest absolute Gasteiger partial charge is 0.378 e. The maximum atomic E-state index is 12.8. The molecule has 1 aromatic carbocycles. The molecular formula is C22H28N4O5. The standard InChI is InChI=1S/C22H28N4O5/c1-15-14-18(15)19(27)23-17-4-2-16(3-5-17)20(28)24-6-8-25(9-7-24)21(29)22(30)26-10-12-31-13-11-26/h2-5,15,18H,6-14H2,1H3,(H,23,27). The molecule has 1 N–H and O–H groups in total. The molecule has 31 heavy (non-hydrogen) atoms. The highest BCUT2D eigenvalue weighted by Crippen LogP contribution is 2.38. The Labute approximate surface area is 181 Å². The summed E-state index contributed by atoms with van der Waals surface area (Å²) in [4.78, 5) is 54.4. The second-order valence-corrected chi connectivity index (χ2v) is 8.38. The van der Waals surface area contributed by atoms with Gasteiger partial charge in [0.25, 0.3) is 5.91 Å². The van der Waals surface area contributed by atoms with Crippen molar-refractivity contribution in [3.63, 3.8) is 0 Å². The van der Waals surface area contributed by atoms with Gasteiger partial charge in [0.1, 0.15) is 0 Å². The zero-order valence-corrected chi connectivity index (χ0v) is 17.7. The van der Waals surface area contributed by atoms with Gasteiger partial charge in [-0.05, 0) is 36.6 Å². The fourth-order valence-corrected chi connectivity index (χ4v) is 3.95. The molecule has 2 unspecified atom stereocenters. The molecule has 4 rings (SSSR count). The Bertz CT molecular complexity index is 857. The van der Waals surface area contributed by atoms with Crippen LogP contribution in [0, 0.1) is 11.8 Å². The Morgan fingerprint density at radius 2 is 1.35 bits per heavy atom. The minimum Gasteiger partial charge on any atom is -0.378 e. The summed E-state index contributed by atoms with van der Waals surface area (Å²) in [7, 11) is 0. The van der Waals surface area contributed by atoms with Gasteiger partial charge in [0.2, 0.25) is 5.91 Å². The van der Waals surface area contributed by atoms with E-state index in [1.807, 2.05) is 0 Å². The summed E-state index contributed by atoms with van der Waals surface area (Å²) >= 11 is 0. The van der Waals surface area contributed by atoms with Crippen LogP contribution in [0.15, 0.2) is 24.3 Å². The summed E-state index contributed by atoms with van der Waals surface area (Å²) < 4.78 is 5.22. The topological polar surface area (TPSA) is 99.3 Å². The number of rotatable bonds is 3. The van der Waals surface area contributed by atoms with Crippen LogP contribution in [0.1, 0.15) is 23.7 Å². The smallest absolute Gasteiger partial charge is 0.312 e. The minimum absolute atomic E-state index is 0.0268. The van der Waals surface area contributed by atoms with Gasteiger partial charge in [-0.2, -0.15) is 0 Å². The fourth-order valence-electron chi connectivity index (χ4n) is 3.95. The first kappa shape index (κ1) is 21.3. The SMILES string of the molecule is CC1CC1C(=O)Nc1ccc(C(=O)N2CCN(C(=O)C(=O)N3CCOCC3)CC2)cc1. The number of nitrogens with zero attached hydrogens (tertiary/aromatic N) is 3. The highest BCUT2D eigenvalue weighted by molar-refractivity contribution is 6.35. The molecular weight excluding hydrogens is 400 g/mol. The minimum atomic E-state index is -0.515. The van der Waals surface area contributed by atoms with E-state index >= 15 is 0 Å². The van der Waals surface area contributed by atoms with E-state index in [0.29, 0.717) is 69.7 Å². The molecule has 1 saturated carbocycles. The number of morpholine rings is 1. The maximum absolute atomic E-state index is 12.8. The van der Waals surface area contributed by atoms with Crippen LogP contribution in [0.4, 0.5) is 5.69 Å².